The number of benzene rings is 10. The molecule has 0 amide bonds. The van der Waals surface area contributed by atoms with Crippen molar-refractivity contribution in [3.8, 4) is 55.6 Å². The van der Waals surface area contributed by atoms with Gasteiger partial charge in [-0.1, -0.05) is 174 Å². The second kappa shape index (κ2) is 15.8. The Labute approximate surface area is 408 Å². The van der Waals surface area contributed by atoms with E-state index in [0.29, 0.717) is 0 Å². The molecule has 3 nitrogen and oxygen atoms in total. The van der Waals surface area contributed by atoms with Gasteiger partial charge in [-0.05, 0) is 151 Å². The van der Waals surface area contributed by atoms with Crippen LogP contribution in [0.2, 0.25) is 0 Å². The predicted octanol–water partition coefficient (Wildman–Crippen LogP) is 19.2. The quantitative estimate of drug-likeness (QED) is 0.160. The van der Waals surface area contributed by atoms with Crippen LogP contribution < -0.4 is 4.90 Å². The van der Waals surface area contributed by atoms with E-state index in [1.54, 1.807) is 0 Å². The summed E-state index contributed by atoms with van der Waals surface area (Å²) in [5.41, 5.74) is 22.9. The predicted molar refractivity (Wildman–Crippen MR) is 294 cm³/mol. The SMILES string of the molecule is CC(C)(C)c1ccc(-c2ccc3c(c2)C(C)(C)c2ccc(-c4ccccc4N(c4ccc(-c5ccc6oc7ccccc7c6c5)cc4)c4ccc(-c5ccc6oc7ccccc7c6c5)cc4)cc2-3)cc1. The Bertz CT molecular complexity index is 3830. The third-order valence-corrected chi connectivity index (χ3v) is 14.9. The highest BCUT2D eigenvalue weighted by Gasteiger charge is 2.36. The summed E-state index contributed by atoms with van der Waals surface area (Å²) in [5.74, 6) is 0. The summed E-state index contributed by atoms with van der Waals surface area (Å²) >= 11 is 0. The molecule has 2 heterocycles. The minimum absolute atomic E-state index is 0.115. The largest absolute Gasteiger partial charge is 0.456 e. The summed E-state index contributed by atoms with van der Waals surface area (Å²) in [5, 5.41) is 4.51. The highest BCUT2D eigenvalue weighted by Crippen LogP contribution is 2.52. The minimum Gasteiger partial charge on any atom is -0.456 e. The summed E-state index contributed by atoms with van der Waals surface area (Å²) in [6.45, 7) is 11.6. The molecule has 1 aliphatic rings. The maximum absolute atomic E-state index is 6.18. The normalized spacial score (nSPS) is 13.0. The van der Waals surface area contributed by atoms with Gasteiger partial charge in [-0.2, -0.15) is 0 Å². The van der Waals surface area contributed by atoms with Crippen LogP contribution in [-0.4, -0.2) is 0 Å². The summed E-state index contributed by atoms with van der Waals surface area (Å²) in [6, 6.07) is 79.7. The van der Waals surface area contributed by atoms with Gasteiger partial charge in [0.2, 0.25) is 0 Å². The number of nitrogens with zero attached hydrogens (tertiary/aromatic N) is 1. The number of hydrogen-bond acceptors (Lipinski definition) is 3. The maximum atomic E-state index is 6.18. The third kappa shape index (κ3) is 6.87. The number of anilines is 3. The Morgan fingerprint density at radius 2 is 0.800 bits per heavy atom. The van der Waals surface area contributed by atoms with Gasteiger partial charge in [0.25, 0.3) is 0 Å². The zero-order chi connectivity index (χ0) is 47.3. The van der Waals surface area contributed by atoms with Crippen LogP contribution in [0.3, 0.4) is 0 Å². The highest BCUT2D eigenvalue weighted by molar-refractivity contribution is 6.07. The zero-order valence-electron chi connectivity index (χ0n) is 40.0. The summed E-state index contributed by atoms with van der Waals surface area (Å²) in [6.07, 6.45) is 0. The van der Waals surface area contributed by atoms with Gasteiger partial charge < -0.3 is 13.7 Å². The molecular formula is C67H51NO2. The molecule has 70 heavy (non-hydrogen) atoms. The van der Waals surface area contributed by atoms with Crippen molar-refractivity contribution in [2.24, 2.45) is 0 Å². The van der Waals surface area contributed by atoms with E-state index in [9.17, 15) is 0 Å². The minimum atomic E-state index is -0.149. The van der Waals surface area contributed by atoms with Gasteiger partial charge in [-0.25, -0.2) is 0 Å². The molecule has 0 aliphatic heterocycles. The van der Waals surface area contributed by atoms with Gasteiger partial charge in [0.15, 0.2) is 0 Å². The summed E-state index contributed by atoms with van der Waals surface area (Å²) < 4.78 is 12.4. The molecule has 0 saturated carbocycles. The molecule has 0 radical (unpaired) electrons. The van der Waals surface area contributed by atoms with Crippen LogP contribution in [0.4, 0.5) is 17.1 Å². The van der Waals surface area contributed by atoms with Crippen LogP contribution in [0.25, 0.3) is 99.5 Å². The fraction of sp³-hybridized carbons (Fsp3) is 0.104. The lowest BCUT2D eigenvalue weighted by molar-refractivity contribution is 0.590. The number of furan rings is 2. The monoisotopic (exact) mass is 901 g/mol. The summed E-state index contributed by atoms with van der Waals surface area (Å²) in [7, 11) is 0. The molecule has 1 aliphatic carbocycles. The van der Waals surface area contributed by atoms with Gasteiger partial charge in [-0.15, -0.1) is 0 Å². The van der Waals surface area contributed by atoms with E-state index in [-0.39, 0.29) is 10.8 Å². The van der Waals surface area contributed by atoms with Crippen LogP contribution >= 0.6 is 0 Å². The van der Waals surface area contributed by atoms with E-state index in [2.05, 4.69) is 234 Å². The smallest absolute Gasteiger partial charge is 0.135 e. The zero-order valence-corrected chi connectivity index (χ0v) is 40.0. The van der Waals surface area contributed by atoms with E-state index in [0.717, 1.165) is 88.8 Å². The molecule has 2 aromatic heterocycles. The molecular weight excluding hydrogens is 851 g/mol. The third-order valence-electron chi connectivity index (χ3n) is 14.9. The van der Waals surface area contributed by atoms with Crippen molar-refractivity contribution in [2.75, 3.05) is 4.90 Å². The molecule has 0 N–H and O–H groups in total. The molecule has 12 aromatic rings. The fourth-order valence-corrected chi connectivity index (χ4v) is 11.0. The van der Waals surface area contributed by atoms with Crippen molar-refractivity contribution in [3.05, 3.63) is 235 Å². The lowest BCUT2D eigenvalue weighted by Gasteiger charge is -2.28. The molecule has 0 spiro atoms. The second-order valence-corrected chi connectivity index (χ2v) is 20.5. The molecule has 3 heteroatoms. The van der Waals surface area contributed by atoms with Crippen LogP contribution in [0, 0.1) is 0 Å². The first-order valence-corrected chi connectivity index (χ1v) is 24.4. The number of rotatable bonds is 7. The van der Waals surface area contributed by atoms with Gasteiger partial charge >= 0.3 is 0 Å². The van der Waals surface area contributed by atoms with Crippen LogP contribution in [-0.2, 0) is 10.8 Å². The van der Waals surface area contributed by atoms with Gasteiger partial charge in [0.05, 0.1) is 5.69 Å². The Kier molecular flexibility index (Phi) is 9.45. The average molecular weight is 902 g/mol. The van der Waals surface area contributed by atoms with Crippen molar-refractivity contribution in [2.45, 2.75) is 45.4 Å². The first-order chi connectivity index (χ1) is 34.0. The van der Waals surface area contributed by atoms with E-state index in [1.165, 1.54) is 44.5 Å². The lowest BCUT2D eigenvalue weighted by Crippen LogP contribution is -2.15. The van der Waals surface area contributed by atoms with Crippen molar-refractivity contribution in [1.29, 1.82) is 0 Å². The molecule has 0 unspecified atom stereocenters. The van der Waals surface area contributed by atoms with Gasteiger partial charge in [0, 0.05) is 43.9 Å². The van der Waals surface area contributed by atoms with E-state index in [4.69, 9.17) is 8.83 Å². The van der Waals surface area contributed by atoms with E-state index >= 15 is 0 Å². The van der Waals surface area contributed by atoms with Crippen molar-refractivity contribution in [1.82, 2.24) is 0 Å². The van der Waals surface area contributed by atoms with Crippen molar-refractivity contribution >= 4 is 60.9 Å². The Morgan fingerprint density at radius 1 is 0.343 bits per heavy atom. The van der Waals surface area contributed by atoms with Gasteiger partial charge in [0.1, 0.15) is 22.3 Å². The van der Waals surface area contributed by atoms with Crippen LogP contribution in [0.15, 0.2) is 227 Å². The Balaban J connectivity index is 0.903. The average Bonchev–Trinajstić information content (AvgIpc) is 4.03. The molecule has 0 atom stereocenters. The molecule has 13 rings (SSSR count). The van der Waals surface area contributed by atoms with Crippen LogP contribution in [0.5, 0.6) is 0 Å². The standard InChI is InChI=1S/C67H51NO2/c1-66(2,3)49-28-18-42(19-29-49)47-24-34-53-56-40-48(25-35-59(56)67(4,5)60(53)41-47)52-12-6-9-15-61(52)68(50-30-20-43(21-31-50)45-26-36-64-57(38-45)54-13-7-10-16-62(54)69-64)51-32-22-44(23-33-51)46-27-37-65-58(39-46)55-14-8-11-17-63(55)70-65/h6-41H,1-5H3. The maximum Gasteiger partial charge on any atom is 0.135 e. The Morgan fingerprint density at radius 3 is 1.37 bits per heavy atom. The number of hydrogen-bond donors (Lipinski definition) is 0. The topological polar surface area (TPSA) is 29.5 Å². The number of para-hydroxylation sites is 3. The van der Waals surface area contributed by atoms with Gasteiger partial charge in [-0.3, -0.25) is 0 Å². The molecule has 0 bridgehead atoms. The first kappa shape index (κ1) is 41.8. The first-order valence-electron chi connectivity index (χ1n) is 24.4. The molecule has 336 valence electrons. The Hall–Kier alpha value is -8.40. The van der Waals surface area contributed by atoms with Crippen molar-refractivity contribution in [3.63, 3.8) is 0 Å². The fourth-order valence-electron chi connectivity index (χ4n) is 11.0. The molecule has 0 fully saturated rings. The lowest BCUT2D eigenvalue weighted by atomic mass is 9.81. The van der Waals surface area contributed by atoms with Crippen molar-refractivity contribution < 1.29 is 8.83 Å². The molecule has 10 aromatic carbocycles. The van der Waals surface area contributed by atoms with Crippen LogP contribution in [0.1, 0.15) is 51.3 Å². The van der Waals surface area contributed by atoms with E-state index < -0.39 is 0 Å². The van der Waals surface area contributed by atoms with E-state index in [1.807, 2.05) is 24.3 Å². The highest BCUT2D eigenvalue weighted by atomic mass is 16.3. The summed E-state index contributed by atoms with van der Waals surface area (Å²) in [4.78, 5) is 2.41. The number of fused-ring (bicyclic) bond motifs is 9. The molecule has 0 saturated heterocycles. The second-order valence-electron chi connectivity index (χ2n) is 20.5.